The molecule has 2 aromatic carbocycles. The average Bonchev–Trinajstić information content (AvgIpc) is 3.60. The molecule has 2 spiro atoms. The Kier molecular flexibility index (Phi) is 5.27. The zero-order valence-corrected chi connectivity index (χ0v) is 21.0. The van der Waals surface area contributed by atoms with Crippen molar-refractivity contribution in [3.63, 3.8) is 0 Å². The molecule has 9 nitrogen and oxygen atoms in total. The number of carbonyl (C=O) groups is 2. The van der Waals surface area contributed by atoms with Crippen molar-refractivity contribution in [2.75, 3.05) is 18.9 Å². The van der Waals surface area contributed by atoms with Crippen molar-refractivity contribution in [2.45, 2.75) is 22.7 Å². The predicted molar refractivity (Wildman–Crippen MR) is 137 cm³/mol. The molecule has 0 aliphatic carbocycles. The number of nitrogens with one attached hydrogen (secondary N) is 1. The number of furan rings is 1. The summed E-state index contributed by atoms with van der Waals surface area (Å²) in [5.41, 5.74) is -0.510. The highest BCUT2D eigenvalue weighted by Crippen LogP contribution is 2.66. The molecule has 4 heterocycles. The van der Waals surface area contributed by atoms with Crippen molar-refractivity contribution in [2.24, 2.45) is 0 Å². The zero-order valence-electron chi connectivity index (χ0n) is 19.3. The second kappa shape index (κ2) is 8.20. The van der Waals surface area contributed by atoms with Gasteiger partial charge in [0.2, 0.25) is 5.91 Å². The van der Waals surface area contributed by atoms with Gasteiger partial charge in [0.1, 0.15) is 20.6 Å². The number of hydrogen-bond acceptors (Lipinski definition) is 8. The second-order valence-corrected chi connectivity index (χ2v) is 11.1. The molecule has 2 fully saturated rings. The number of benzene rings is 2. The van der Waals surface area contributed by atoms with Crippen LogP contribution in [0.25, 0.3) is 0 Å². The number of non-ortho nitro benzene ring substituents is 1. The standard InChI is InChI=1S/C25H19FN4O5S2/c1-28-13-19(14-4-2-5-16(10-14)30(33)34)25(22(32)29(23(36)37-25)12-17-6-3-9-35-17)24(28)18-11-15(26)7-8-20(18)27-21(24)31/h2-11,19H,12-13H2,1H3,(H,27,31)/t19-,24+,25-/m1/s1. The first-order valence-corrected chi connectivity index (χ1v) is 12.6. The van der Waals surface area contributed by atoms with Crippen molar-refractivity contribution in [3.8, 4) is 0 Å². The summed E-state index contributed by atoms with van der Waals surface area (Å²) < 4.78 is 18.7. The minimum Gasteiger partial charge on any atom is -0.467 e. The number of anilines is 1. The van der Waals surface area contributed by atoms with Gasteiger partial charge in [-0.05, 0) is 42.9 Å². The Balaban J connectivity index is 1.60. The SMILES string of the molecule is CN1C[C@H](c2cccc([N+](=O)[O-])c2)[C@]2(SC(=S)N(Cc3ccco3)C2=O)[C@]12C(=O)Nc1ccc(F)cc12. The molecule has 37 heavy (non-hydrogen) atoms. The third kappa shape index (κ3) is 3.09. The molecule has 0 bridgehead atoms. The van der Waals surface area contributed by atoms with E-state index in [1.165, 1.54) is 41.5 Å². The molecule has 0 radical (unpaired) electrons. The van der Waals surface area contributed by atoms with Crippen LogP contribution in [0.2, 0.25) is 0 Å². The number of nitro benzene ring substituents is 1. The minimum absolute atomic E-state index is 0.0541. The van der Waals surface area contributed by atoms with Crippen LogP contribution in [0, 0.1) is 15.9 Å². The molecule has 2 amide bonds. The summed E-state index contributed by atoms with van der Waals surface area (Å²) in [5.74, 6) is -1.65. The fourth-order valence-corrected chi connectivity index (χ4v) is 8.07. The summed E-state index contributed by atoms with van der Waals surface area (Å²) in [4.78, 5) is 42.7. The van der Waals surface area contributed by atoms with E-state index in [1.54, 1.807) is 36.2 Å². The highest BCUT2D eigenvalue weighted by Gasteiger charge is 2.77. The van der Waals surface area contributed by atoms with E-state index in [1.807, 2.05) is 0 Å². The first-order valence-electron chi connectivity index (χ1n) is 11.3. The Bertz CT molecular complexity index is 1500. The van der Waals surface area contributed by atoms with Gasteiger partial charge in [-0.3, -0.25) is 29.5 Å². The summed E-state index contributed by atoms with van der Waals surface area (Å²) in [6.07, 6.45) is 1.49. The van der Waals surface area contributed by atoms with Gasteiger partial charge in [-0.25, -0.2) is 4.39 Å². The van der Waals surface area contributed by atoms with Crippen LogP contribution in [0.4, 0.5) is 15.8 Å². The van der Waals surface area contributed by atoms with Gasteiger partial charge in [-0.2, -0.15) is 0 Å². The lowest BCUT2D eigenvalue weighted by Gasteiger charge is -2.41. The molecule has 3 aromatic rings. The normalized spacial score (nSPS) is 26.9. The van der Waals surface area contributed by atoms with Gasteiger partial charge >= 0.3 is 0 Å². The second-order valence-electron chi connectivity index (χ2n) is 9.21. The Morgan fingerprint density at radius 1 is 1.24 bits per heavy atom. The van der Waals surface area contributed by atoms with E-state index in [0.717, 1.165) is 11.8 Å². The fourth-order valence-electron chi connectivity index (χ4n) is 5.94. The molecule has 3 aliphatic heterocycles. The molecule has 1 N–H and O–H groups in total. The van der Waals surface area contributed by atoms with Gasteiger partial charge < -0.3 is 9.73 Å². The predicted octanol–water partition coefficient (Wildman–Crippen LogP) is 4.00. The Morgan fingerprint density at radius 3 is 2.78 bits per heavy atom. The van der Waals surface area contributed by atoms with Crippen molar-refractivity contribution in [1.82, 2.24) is 9.80 Å². The number of fused-ring (bicyclic) bond motifs is 3. The summed E-state index contributed by atoms with van der Waals surface area (Å²) in [6, 6.07) is 13.5. The largest absolute Gasteiger partial charge is 0.467 e. The molecule has 2 saturated heterocycles. The molecule has 0 saturated carbocycles. The zero-order chi connectivity index (χ0) is 26.1. The van der Waals surface area contributed by atoms with Gasteiger partial charge in [0, 0.05) is 35.8 Å². The van der Waals surface area contributed by atoms with Crippen LogP contribution < -0.4 is 5.32 Å². The summed E-state index contributed by atoms with van der Waals surface area (Å²) in [6.45, 7) is 0.249. The van der Waals surface area contributed by atoms with E-state index >= 15 is 0 Å². The van der Waals surface area contributed by atoms with Gasteiger partial charge in [-0.1, -0.05) is 36.1 Å². The number of carbonyl (C=O) groups excluding carboxylic acids is 2. The topological polar surface area (TPSA) is 109 Å². The number of rotatable bonds is 4. The third-order valence-electron chi connectivity index (χ3n) is 7.41. The lowest BCUT2D eigenvalue weighted by Crippen LogP contribution is -2.61. The highest BCUT2D eigenvalue weighted by atomic mass is 32.2. The van der Waals surface area contributed by atoms with Crippen LogP contribution in [0.3, 0.4) is 0 Å². The van der Waals surface area contributed by atoms with Crippen LogP contribution >= 0.6 is 24.0 Å². The quantitative estimate of drug-likeness (QED) is 0.302. The molecule has 6 rings (SSSR count). The Morgan fingerprint density at radius 2 is 2.05 bits per heavy atom. The van der Waals surface area contributed by atoms with E-state index in [9.17, 15) is 24.1 Å². The molecular formula is C25H19FN4O5S2. The van der Waals surface area contributed by atoms with Gasteiger partial charge in [0.05, 0.1) is 17.7 Å². The van der Waals surface area contributed by atoms with Crippen LogP contribution in [0.1, 0.15) is 22.8 Å². The summed E-state index contributed by atoms with van der Waals surface area (Å²) in [5, 5.41) is 14.4. The molecule has 12 heteroatoms. The Hall–Kier alpha value is -3.61. The molecule has 0 unspecified atom stereocenters. The maximum atomic E-state index is 14.6. The number of nitro groups is 1. The Labute approximate surface area is 219 Å². The first kappa shape index (κ1) is 23.8. The summed E-state index contributed by atoms with van der Waals surface area (Å²) in [7, 11) is 1.70. The van der Waals surface area contributed by atoms with Crippen molar-refractivity contribution in [3.05, 3.63) is 93.7 Å². The van der Waals surface area contributed by atoms with Crippen molar-refractivity contribution < 1.29 is 23.3 Å². The monoisotopic (exact) mass is 538 g/mol. The first-order chi connectivity index (χ1) is 17.7. The molecule has 188 valence electrons. The molecule has 1 aromatic heterocycles. The molecule has 3 atom stereocenters. The van der Waals surface area contributed by atoms with E-state index in [0.29, 0.717) is 22.6 Å². The molecule has 3 aliphatic rings. The smallest absolute Gasteiger partial charge is 0.269 e. The van der Waals surface area contributed by atoms with E-state index in [2.05, 4.69) is 5.32 Å². The number of halogens is 1. The fraction of sp³-hybridized carbons (Fsp3) is 0.240. The van der Waals surface area contributed by atoms with E-state index < -0.39 is 38.8 Å². The number of thioether (sulfide) groups is 1. The van der Waals surface area contributed by atoms with Crippen LogP contribution in [0.15, 0.2) is 65.3 Å². The number of amides is 2. The van der Waals surface area contributed by atoms with Crippen LogP contribution in [-0.2, 0) is 21.7 Å². The maximum absolute atomic E-state index is 14.6. The van der Waals surface area contributed by atoms with Gasteiger partial charge in [-0.15, -0.1) is 0 Å². The van der Waals surface area contributed by atoms with Gasteiger partial charge in [0.25, 0.3) is 11.6 Å². The molecular weight excluding hydrogens is 519 g/mol. The third-order valence-corrected chi connectivity index (χ3v) is 9.36. The van der Waals surface area contributed by atoms with Crippen LogP contribution in [-0.4, -0.2) is 49.2 Å². The van der Waals surface area contributed by atoms with Crippen LogP contribution in [0.5, 0.6) is 0 Å². The number of thiocarbonyl (C=S) groups is 1. The van der Waals surface area contributed by atoms with E-state index in [4.69, 9.17) is 16.6 Å². The number of likely N-dealkylation sites (N-methyl/N-ethyl adjacent to an activating group) is 1. The number of hydrogen-bond donors (Lipinski definition) is 1. The minimum atomic E-state index is -1.62. The van der Waals surface area contributed by atoms with E-state index in [-0.39, 0.29) is 23.1 Å². The maximum Gasteiger partial charge on any atom is 0.269 e. The average molecular weight is 539 g/mol. The number of nitrogens with zero attached hydrogens (tertiary/aromatic N) is 3. The van der Waals surface area contributed by atoms with Gasteiger partial charge in [0.15, 0.2) is 5.54 Å². The summed E-state index contributed by atoms with van der Waals surface area (Å²) >= 11 is 6.76. The number of likely N-dealkylation sites (tertiary alicyclic amines) is 1. The lowest BCUT2D eigenvalue weighted by atomic mass is 9.72. The highest BCUT2D eigenvalue weighted by molar-refractivity contribution is 8.25. The van der Waals surface area contributed by atoms with Crippen molar-refractivity contribution >= 4 is 51.5 Å². The van der Waals surface area contributed by atoms with Crippen molar-refractivity contribution in [1.29, 1.82) is 0 Å². The lowest BCUT2D eigenvalue weighted by molar-refractivity contribution is -0.384.